The van der Waals surface area contributed by atoms with Crippen LogP contribution in [0.3, 0.4) is 0 Å². The molecule has 0 unspecified atom stereocenters. The minimum atomic E-state index is 1.15. The lowest BCUT2D eigenvalue weighted by Gasteiger charge is -2.01. The van der Waals surface area contributed by atoms with Crippen LogP contribution in [0.15, 0.2) is 12.1 Å². The van der Waals surface area contributed by atoms with Gasteiger partial charge in [0.1, 0.15) is 0 Å². The van der Waals surface area contributed by atoms with Gasteiger partial charge in [0.25, 0.3) is 0 Å². The van der Waals surface area contributed by atoms with Crippen LogP contribution in [0.5, 0.6) is 0 Å². The zero-order chi connectivity index (χ0) is 10.8. The van der Waals surface area contributed by atoms with Gasteiger partial charge in [-0.3, -0.25) is 0 Å². The van der Waals surface area contributed by atoms with E-state index in [-0.39, 0.29) is 0 Å². The monoisotopic (exact) mass is 201 g/mol. The van der Waals surface area contributed by atoms with Crippen molar-refractivity contribution in [3.63, 3.8) is 0 Å². The second-order valence-corrected chi connectivity index (χ2v) is 4.12. The Kier molecular flexibility index (Phi) is 6.98. The Labute approximate surface area is 94.7 Å². The van der Waals surface area contributed by atoms with Crippen molar-refractivity contribution in [2.45, 2.75) is 58.3 Å². The highest BCUT2D eigenvalue weighted by Crippen LogP contribution is 2.09. The van der Waals surface area contributed by atoms with Crippen molar-refractivity contribution >= 4 is 0 Å². The number of hydrogen-bond donors (Lipinski definition) is 0. The van der Waals surface area contributed by atoms with Crippen LogP contribution < -0.4 is 0 Å². The van der Waals surface area contributed by atoms with E-state index in [0.29, 0.717) is 0 Å². The van der Waals surface area contributed by atoms with Gasteiger partial charge in [0, 0.05) is 0 Å². The SMILES string of the molecule is CCCCCCCCCc1[c][c][c]cc1. The fourth-order valence-corrected chi connectivity index (χ4v) is 1.76. The summed E-state index contributed by atoms with van der Waals surface area (Å²) in [5.41, 5.74) is 1.28. The molecule has 1 aromatic rings. The van der Waals surface area contributed by atoms with Crippen LogP contribution in [-0.4, -0.2) is 0 Å². The third-order valence-corrected chi connectivity index (χ3v) is 2.71. The molecule has 0 heteroatoms. The largest absolute Gasteiger partial charge is 0.0654 e. The first kappa shape index (κ1) is 12.3. The van der Waals surface area contributed by atoms with Crippen molar-refractivity contribution in [1.82, 2.24) is 0 Å². The van der Waals surface area contributed by atoms with Crippen LogP contribution >= 0.6 is 0 Å². The molecule has 0 saturated heterocycles. The van der Waals surface area contributed by atoms with Crippen molar-refractivity contribution in [1.29, 1.82) is 0 Å². The lowest BCUT2D eigenvalue weighted by Crippen LogP contribution is -1.86. The van der Waals surface area contributed by atoms with E-state index in [0.717, 1.165) is 6.42 Å². The summed E-state index contributed by atoms with van der Waals surface area (Å²) in [6.45, 7) is 2.26. The molecule has 0 bridgehead atoms. The molecule has 0 saturated carbocycles. The molecule has 0 aromatic heterocycles. The molecule has 0 aliphatic carbocycles. The van der Waals surface area contributed by atoms with E-state index in [4.69, 9.17) is 0 Å². The van der Waals surface area contributed by atoms with Crippen LogP contribution in [0.1, 0.15) is 57.4 Å². The maximum atomic E-state index is 3.10. The average Bonchev–Trinajstić information content (AvgIpc) is 2.29. The number of benzene rings is 1. The van der Waals surface area contributed by atoms with E-state index in [1.165, 1.54) is 50.5 Å². The molecular weight excluding hydrogens is 180 g/mol. The molecule has 0 amide bonds. The van der Waals surface area contributed by atoms with Gasteiger partial charge in [0.2, 0.25) is 0 Å². The van der Waals surface area contributed by atoms with Crippen LogP contribution in [0.2, 0.25) is 0 Å². The Hall–Kier alpha value is -0.780. The van der Waals surface area contributed by atoms with Crippen molar-refractivity contribution in [3.8, 4) is 0 Å². The molecule has 3 radical (unpaired) electrons. The van der Waals surface area contributed by atoms with Gasteiger partial charge in [-0.1, -0.05) is 57.6 Å². The zero-order valence-electron chi connectivity index (χ0n) is 9.81. The van der Waals surface area contributed by atoms with E-state index in [2.05, 4.69) is 31.2 Å². The molecule has 0 spiro atoms. The molecule has 0 atom stereocenters. The molecule has 0 aliphatic rings. The number of hydrogen-bond acceptors (Lipinski definition) is 0. The Morgan fingerprint density at radius 3 is 2.40 bits per heavy atom. The van der Waals surface area contributed by atoms with Gasteiger partial charge in [-0.25, -0.2) is 0 Å². The van der Waals surface area contributed by atoms with Gasteiger partial charge in [-0.15, -0.1) is 0 Å². The smallest absolute Gasteiger partial charge is 0.00109 e. The molecule has 0 heterocycles. The second-order valence-electron chi connectivity index (χ2n) is 4.12. The van der Waals surface area contributed by atoms with Crippen molar-refractivity contribution in [2.75, 3.05) is 0 Å². The van der Waals surface area contributed by atoms with E-state index >= 15 is 0 Å². The van der Waals surface area contributed by atoms with Crippen LogP contribution in [-0.2, 0) is 6.42 Å². The summed E-state index contributed by atoms with van der Waals surface area (Å²) in [6, 6.07) is 12.9. The topological polar surface area (TPSA) is 0 Å². The quantitative estimate of drug-likeness (QED) is 0.547. The highest BCUT2D eigenvalue weighted by molar-refractivity contribution is 5.10. The first-order chi connectivity index (χ1) is 7.43. The summed E-state index contributed by atoms with van der Waals surface area (Å²) in [4.78, 5) is 0. The zero-order valence-corrected chi connectivity index (χ0v) is 9.81. The Morgan fingerprint density at radius 1 is 1.00 bits per heavy atom. The summed E-state index contributed by atoms with van der Waals surface area (Å²) in [5.74, 6) is 0. The van der Waals surface area contributed by atoms with E-state index in [9.17, 15) is 0 Å². The molecule has 15 heavy (non-hydrogen) atoms. The second kappa shape index (κ2) is 8.52. The van der Waals surface area contributed by atoms with Gasteiger partial charge in [0.05, 0.1) is 0 Å². The summed E-state index contributed by atoms with van der Waals surface area (Å²) in [6.07, 6.45) is 10.8. The van der Waals surface area contributed by atoms with Crippen LogP contribution in [0.4, 0.5) is 0 Å². The lowest BCUT2D eigenvalue weighted by molar-refractivity contribution is 0.589. The average molecular weight is 201 g/mol. The third-order valence-electron chi connectivity index (χ3n) is 2.71. The first-order valence-corrected chi connectivity index (χ1v) is 6.22. The van der Waals surface area contributed by atoms with Gasteiger partial charge < -0.3 is 0 Å². The molecule has 0 nitrogen and oxygen atoms in total. The fourth-order valence-electron chi connectivity index (χ4n) is 1.76. The van der Waals surface area contributed by atoms with Crippen molar-refractivity contribution < 1.29 is 0 Å². The molecule has 81 valence electrons. The molecule has 0 aliphatic heterocycles. The molecule has 0 N–H and O–H groups in total. The predicted octanol–water partition coefficient (Wildman–Crippen LogP) is 4.38. The fraction of sp³-hybridized carbons (Fsp3) is 0.600. The normalized spacial score (nSPS) is 10.5. The van der Waals surface area contributed by atoms with E-state index in [1.54, 1.807) is 0 Å². The van der Waals surface area contributed by atoms with Gasteiger partial charge in [-0.2, -0.15) is 0 Å². The number of unbranched alkanes of at least 4 members (excludes halogenated alkanes) is 6. The van der Waals surface area contributed by atoms with E-state index in [1.807, 2.05) is 6.07 Å². The van der Waals surface area contributed by atoms with Crippen LogP contribution in [0, 0.1) is 18.2 Å². The summed E-state index contributed by atoms with van der Waals surface area (Å²) >= 11 is 0. The minimum Gasteiger partial charge on any atom is -0.0654 e. The van der Waals surface area contributed by atoms with Gasteiger partial charge >= 0.3 is 0 Å². The molecule has 1 aromatic carbocycles. The Balaban J connectivity index is 1.93. The Bertz CT molecular complexity index is 225. The van der Waals surface area contributed by atoms with Crippen LogP contribution in [0.25, 0.3) is 0 Å². The number of rotatable bonds is 8. The summed E-state index contributed by atoms with van der Waals surface area (Å²) < 4.78 is 0. The molecule has 0 fully saturated rings. The van der Waals surface area contributed by atoms with Gasteiger partial charge in [-0.05, 0) is 36.6 Å². The standard InChI is InChI=1S/C15H21/c1-2-3-4-5-6-7-9-12-15-13-10-8-11-14-15/h10,13H,2-7,9,12H2,1H3. The van der Waals surface area contributed by atoms with Gasteiger partial charge in [0.15, 0.2) is 0 Å². The van der Waals surface area contributed by atoms with Crippen molar-refractivity contribution in [3.05, 3.63) is 35.9 Å². The molecular formula is C15H21. The third kappa shape index (κ3) is 6.33. The van der Waals surface area contributed by atoms with E-state index < -0.39 is 0 Å². The highest BCUT2D eigenvalue weighted by atomic mass is 14.0. The highest BCUT2D eigenvalue weighted by Gasteiger charge is 1.93. The maximum absolute atomic E-state index is 3.10. The predicted molar refractivity (Wildman–Crippen MR) is 64.6 cm³/mol. The Morgan fingerprint density at radius 2 is 1.73 bits per heavy atom. The maximum Gasteiger partial charge on any atom is -0.00109 e. The summed E-state index contributed by atoms with van der Waals surface area (Å²) in [5, 5.41) is 0. The first-order valence-electron chi connectivity index (χ1n) is 6.22. The lowest BCUT2D eigenvalue weighted by atomic mass is 10.0. The minimum absolute atomic E-state index is 1.15. The summed E-state index contributed by atoms with van der Waals surface area (Å²) in [7, 11) is 0. The number of aryl methyl sites for hydroxylation is 1. The van der Waals surface area contributed by atoms with Crippen molar-refractivity contribution in [2.24, 2.45) is 0 Å². The molecule has 1 rings (SSSR count).